The highest BCUT2D eigenvalue weighted by Gasteiger charge is 2.48. The van der Waals surface area contributed by atoms with Crippen molar-refractivity contribution in [1.82, 2.24) is 9.88 Å². The highest BCUT2D eigenvalue weighted by atomic mass is 31.2. The summed E-state index contributed by atoms with van der Waals surface area (Å²) in [5.41, 5.74) is -3.37. The van der Waals surface area contributed by atoms with E-state index >= 15 is 0 Å². The Morgan fingerprint density at radius 3 is 2.59 bits per heavy atom. The molecule has 14 heteroatoms. The topological polar surface area (TPSA) is 164 Å². The summed E-state index contributed by atoms with van der Waals surface area (Å²) in [5.74, 6) is -4.31. The van der Waals surface area contributed by atoms with Crippen molar-refractivity contribution in [2.24, 2.45) is 5.41 Å². The van der Waals surface area contributed by atoms with Gasteiger partial charge >= 0.3 is 7.60 Å². The second-order valence-corrected chi connectivity index (χ2v) is 10.7. The van der Waals surface area contributed by atoms with Crippen molar-refractivity contribution >= 4 is 19.3 Å². The lowest BCUT2D eigenvalue weighted by molar-refractivity contribution is -0.0443. The summed E-state index contributed by atoms with van der Waals surface area (Å²) < 4.78 is 50.2. The van der Waals surface area contributed by atoms with Gasteiger partial charge in [-0.15, -0.1) is 0 Å². The summed E-state index contributed by atoms with van der Waals surface area (Å²) in [7, 11) is -2.96. The van der Waals surface area contributed by atoms with Crippen LogP contribution in [0.4, 0.5) is 8.78 Å². The quantitative estimate of drug-likeness (QED) is 0.325. The summed E-state index contributed by atoms with van der Waals surface area (Å²) in [6, 6.07) is 2.77. The van der Waals surface area contributed by atoms with Gasteiger partial charge in [0.25, 0.3) is 5.91 Å². The number of ketones is 1. The van der Waals surface area contributed by atoms with Gasteiger partial charge in [0.05, 0.1) is 30.8 Å². The van der Waals surface area contributed by atoms with E-state index in [0.717, 1.165) is 18.3 Å². The van der Waals surface area contributed by atoms with Crippen molar-refractivity contribution in [3.05, 3.63) is 63.1 Å². The molecule has 3 rings (SSSR count). The zero-order valence-electron chi connectivity index (χ0n) is 20.1. The fourth-order valence-electron chi connectivity index (χ4n) is 4.07. The number of carbonyl (C=O) groups is 2. The molecule has 4 N–H and O–H groups in total. The number of ether oxygens (including phenoxy) is 2. The van der Waals surface area contributed by atoms with Gasteiger partial charge in [-0.1, -0.05) is 6.07 Å². The number of rotatable bonds is 10. The van der Waals surface area contributed by atoms with Crippen LogP contribution in [0.5, 0.6) is 5.75 Å². The molecule has 1 aliphatic rings. The van der Waals surface area contributed by atoms with Gasteiger partial charge in [-0.2, -0.15) is 0 Å². The van der Waals surface area contributed by atoms with E-state index in [9.17, 15) is 32.8 Å². The molecule has 0 bridgehead atoms. The van der Waals surface area contributed by atoms with E-state index in [-0.39, 0.29) is 44.0 Å². The molecule has 2 heterocycles. The van der Waals surface area contributed by atoms with Gasteiger partial charge in [-0.05, 0) is 19.4 Å². The minimum absolute atomic E-state index is 0.0420. The van der Waals surface area contributed by atoms with E-state index in [2.05, 4.69) is 5.32 Å². The maximum atomic E-state index is 13.9. The number of halogens is 2. The van der Waals surface area contributed by atoms with Crippen LogP contribution in [0.3, 0.4) is 0 Å². The smallest absolute Gasteiger partial charge is 0.327 e. The maximum Gasteiger partial charge on any atom is 0.327 e. The van der Waals surface area contributed by atoms with Crippen molar-refractivity contribution in [2.45, 2.75) is 32.5 Å². The van der Waals surface area contributed by atoms with Crippen LogP contribution >= 0.6 is 7.60 Å². The third-order valence-electron chi connectivity index (χ3n) is 6.29. The number of fused-ring (bicyclic) bond motifs is 1. The zero-order valence-corrected chi connectivity index (χ0v) is 21.0. The van der Waals surface area contributed by atoms with Crippen LogP contribution in [0.1, 0.15) is 39.8 Å². The van der Waals surface area contributed by atoms with E-state index in [1.807, 2.05) is 0 Å². The van der Waals surface area contributed by atoms with Crippen molar-refractivity contribution in [3.8, 4) is 5.75 Å². The Balaban J connectivity index is 1.93. The first-order valence-corrected chi connectivity index (χ1v) is 13.0. The van der Waals surface area contributed by atoms with Crippen LogP contribution in [-0.4, -0.2) is 63.7 Å². The number of nitrogens with one attached hydrogen (secondary N) is 1. The lowest BCUT2D eigenvalue weighted by Crippen LogP contribution is -2.51. The molecule has 0 fully saturated rings. The highest BCUT2D eigenvalue weighted by Crippen LogP contribution is 2.40. The first kappa shape index (κ1) is 28.6. The number of pyridine rings is 1. The number of amides is 1. The number of aromatic hydroxyl groups is 1. The number of Topliss-reactive ketones (excluding diaryl/α,β-unsaturated/α-hetero) is 1. The summed E-state index contributed by atoms with van der Waals surface area (Å²) in [4.78, 5) is 57.3. The van der Waals surface area contributed by atoms with Gasteiger partial charge in [0.2, 0.25) is 5.43 Å². The third-order valence-corrected chi connectivity index (χ3v) is 7.05. The van der Waals surface area contributed by atoms with Crippen LogP contribution in [-0.2, 0) is 27.1 Å². The Kier molecular flexibility index (Phi) is 8.66. The van der Waals surface area contributed by atoms with Crippen LogP contribution in [0.25, 0.3) is 0 Å². The van der Waals surface area contributed by atoms with Gasteiger partial charge in [0, 0.05) is 38.1 Å². The molecule has 0 saturated carbocycles. The molecule has 2 unspecified atom stereocenters. The third kappa shape index (κ3) is 6.31. The fourth-order valence-corrected chi connectivity index (χ4v) is 4.41. The maximum absolute atomic E-state index is 13.9. The molecule has 0 spiro atoms. The largest absolute Gasteiger partial charge is 0.503 e. The normalized spacial score (nSPS) is 19.5. The van der Waals surface area contributed by atoms with Gasteiger partial charge in [0.1, 0.15) is 22.9 Å². The molecule has 0 aliphatic carbocycles. The van der Waals surface area contributed by atoms with E-state index < -0.39 is 65.3 Å². The zero-order chi connectivity index (χ0) is 27.5. The molecule has 1 amide bonds. The lowest BCUT2D eigenvalue weighted by atomic mass is 9.73. The second kappa shape index (κ2) is 11.2. The first-order chi connectivity index (χ1) is 17.3. The van der Waals surface area contributed by atoms with E-state index in [1.54, 1.807) is 0 Å². The molecular formula is C23H27F2N2O9P. The molecule has 2 aromatic rings. The van der Waals surface area contributed by atoms with Crippen molar-refractivity contribution < 1.29 is 47.3 Å². The molecule has 1 aromatic heterocycles. The molecule has 0 saturated heterocycles. The van der Waals surface area contributed by atoms with Gasteiger partial charge in [-0.3, -0.25) is 18.9 Å². The summed E-state index contributed by atoms with van der Waals surface area (Å²) in [5, 5.41) is 12.9. The van der Waals surface area contributed by atoms with Crippen LogP contribution in [0.2, 0.25) is 0 Å². The van der Waals surface area contributed by atoms with Gasteiger partial charge in [-0.25, -0.2) is 8.78 Å². The first-order valence-electron chi connectivity index (χ1n) is 11.2. The molecular weight excluding hydrogens is 517 g/mol. The number of benzene rings is 1. The monoisotopic (exact) mass is 544 g/mol. The number of aromatic nitrogens is 1. The minimum Gasteiger partial charge on any atom is -0.503 e. The average Bonchev–Trinajstić information content (AvgIpc) is 2.81. The van der Waals surface area contributed by atoms with Crippen LogP contribution < -0.4 is 10.7 Å². The van der Waals surface area contributed by atoms with E-state index in [1.165, 1.54) is 18.6 Å². The standard InChI is InChI=1S/C23H27F2N2O9P/c1-23(5-6-35-2)17(36-7-8-37(32,33)34)12-27-11-15(19(28)20(29)18(27)21(23)30)22(31)26-10-13-3-4-14(24)9-16(13)25/h3-4,9,11,17,29H,5-8,10,12H2,1-2H3,(H,26,31)(H2,32,33,34). The Hall–Kier alpha value is -2.96. The summed E-state index contributed by atoms with van der Waals surface area (Å²) >= 11 is 0. The lowest BCUT2D eigenvalue weighted by Gasteiger charge is -2.41. The number of hydrogen-bond acceptors (Lipinski definition) is 7. The van der Waals surface area contributed by atoms with Crippen molar-refractivity contribution in [3.63, 3.8) is 0 Å². The number of methoxy groups -OCH3 is 1. The average molecular weight is 544 g/mol. The van der Waals surface area contributed by atoms with E-state index in [4.69, 9.17) is 19.3 Å². The molecule has 2 atom stereocenters. The molecule has 37 heavy (non-hydrogen) atoms. The molecule has 202 valence electrons. The Bertz CT molecular complexity index is 1310. The summed E-state index contributed by atoms with van der Waals surface area (Å²) in [6.45, 7) is 0.759. The predicted molar refractivity (Wildman–Crippen MR) is 125 cm³/mol. The number of hydrogen-bond donors (Lipinski definition) is 4. The highest BCUT2D eigenvalue weighted by molar-refractivity contribution is 7.51. The number of nitrogens with zero attached hydrogens (tertiary/aromatic N) is 1. The van der Waals surface area contributed by atoms with Crippen molar-refractivity contribution in [1.29, 1.82) is 0 Å². The van der Waals surface area contributed by atoms with Crippen LogP contribution in [0, 0.1) is 17.0 Å². The minimum atomic E-state index is -4.38. The fraction of sp³-hybridized carbons (Fsp3) is 0.435. The van der Waals surface area contributed by atoms with Crippen LogP contribution in [0.15, 0.2) is 29.2 Å². The SMILES string of the molecule is COCCC1(C)C(=O)c2c(O)c(=O)c(C(=O)NCc3ccc(F)cc3F)cn2CC1OCCP(=O)(O)O. The number of carbonyl (C=O) groups excluding carboxylic acids is 2. The van der Waals surface area contributed by atoms with Gasteiger partial charge < -0.3 is 34.3 Å². The second-order valence-electron chi connectivity index (χ2n) is 8.88. The molecule has 0 radical (unpaired) electrons. The predicted octanol–water partition coefficient (Wildman–Crippen LogP) is 1.56. The molecule has 11 nitrogen and oxygen atoms in total. The summed E-state index contributed by atoms with van der Waals surface area (Å²) in [6.07, 6.45) is -0.364. The molecule has 1 aromatic carbocycles. The Labute approximate surface area is 210 Å². The van der Waals surface area contributed by atoms with E-state index in [0.29, 0.717) is 6.07 Å². The van der Waals surface area contributed by atoms with Crippen molar-refractivity contribution in [2.75, 3.05) is 26.5 Å². The van der Waals surface area contributed by atoms with Gasteiger partial charge in [0.15, 0.2) is 11.5 Å². The Morgan fingerprint density at radius 1 is 1.27 bits per heavy atom. The Morgan fingerprint density at radius 2 is 1.97 bits per heavy atom. The molecule has 1 aliphatic heterocycles.